The summed E-state index contributed by atoms with van der Waals surface area (Å²) in [7, 11) is 2.04. The van der Waals surface area contributed by atoms with Crippen LogP contribution in [-0.2, 0) is 11.3 Å². The molecule has 3 rings (SSSR count). The van der Waals surface area contributed by atoms with E-state index in [4.69, 9.17) is 4.74 Å². The minimum Gasteiger partial charge on any atom is -0.380 e. The Kier molecular flexibility index (Phi) is 3.98. The van der Waals surface area contributed by atoms with E-state index in [0.717, 1.165) is 13.1 Å². The first kappa shape index (κ1) is 14.2. The number of likely N-dealkylation sites (N-methyl/N-ethyl adjacent to an activating group) is 1. The molecular weight excluding hydrogens is 273 g/mol. The average molecular weight is 291 g/mol. The largest absolute Gasteiger partial charge is 0.380 e. The van der Waals surface area contributed by atoms with Gasteiger partial charge in [0.1, 0.15) is 5.82 Å². The molecule has 1 fully saturated rings. The molecule has 0 aliphatic carbocycles. The fraction of sp³-hybridized carbons (Fsp3) is 0.467. The Balaban J connectivity index is 1.90. The third-order valence-electron chi connectivity index (χ3n) is 3.78. The summed E-state index contributed by atoms with van der Waals surface area (Å²) in [4.78, 5) is 18.8. The van der Waals surface area contributed by atoms with Gasteiger partial charge < -0.3 is 9.64 Å². The molecule has 1 saturated heterocycles. The fourth-order valence-electron chi connectivity index (χ4n) is 2.70. The molecule has 0 saturated carbocycles. The lowest BCUT2D eigenvalue weighted by molar-refractivity contribution is 0.117. The zero-order chi connectivity index (χ0) is 14.8. The lowest BCUT2D eigenvalue weighted by Gasteiger charge is -2.19. The van der Waals surface area contributed by atoms with Crippen molar-refractivity contribution in [2.45, 2.75) is 6.54 Å². The maximum Gasteiger partial charge on any atom is 0.261 e. The van der Waals surface area contributed by atoms with E-state index in [9.17, 15) is 9.18 Å². The predicted molar refractivity (Wildman–Crippen MR) is 77.8 cm³/mol. The standard InChI is InChI=1S/C15H18FN3O2/c1-18-4-5-21-9-11(7-18)8-19-10-17-14-3-2-12(16)6-13(14)15(19)20/h2-3,6,10-11H,4-5,7-9H2,1H3/t11-/m1/s1. The van der Waals surface area contributed by atoms with Crippen molar-refractivity contribution in [3.63, 3.8) is 0 Å². The third kappa shape index (κ3) is 3.11. The number of fused-ring (bicyclic) bond motifs is 1. The monoisotopic (exact) mass is 291 g/mol. The molecule has 21 heavy (non-hydrogen) atoms. The van der Waals surface area contributed by atoms with Gasteiger partial charge >= 0.3 is 0 Å². The van der Waals surface area contributed by atoms with Gasteiger partial charge in [0.05, 0.1) is 30.4 Å². The van der Waals surface area contributed by atoms with Crippen molar-refractivity contribution in [2.24, 2.45) is 5.92 Å². The topological polar surface area (TPSA) is 47.4 Å². The molecule has 1 aliphatic rings. The maximum atomic E-state index is 13.3. The molecule has 0 amide bonds. The van der Waals surface area contributed by atoms with Crippen molar-refractivity contribution >= 4 is 10.9 Å². The first-order valence-corrected chi connectivity index (χ1v) is 7.04. The van der Waals surface area contributed by atoms with E-state index in [0.29, 0.717) is 30.7 Å². The molecule has 6 heteroatoms. The Hall–Kier alpha value is -1.79. The predicted octanol–water partition coefficient (Wildman–Crippen LogP) is 1.11. The van der Waals surface area contributed by atoms with E-state index < -0.39 is 5.82 Å². The van der Waals surface area contributed by atoms with Gasteiger partial charge in [0.25, 0.3) is 5.56 Å². The Labute approximate surface area is 122 Å². The Morgan fingerprint density at radius 1 is 1.48 bits per heavy atom. The van der Waals surface area contributed by atoms with Gasteiger partial charge in [0.2, 0.25) is 0 Å². The summed E-state index contributed by atoms with van der Waals surface area (Å²) in [6.07, 6.45) is 1.54. The van der Waals surface area contributed by atoms with Gasteiger partial charge in [-0.15, -0.1) is 0 Å². The molecule has 0 unspecified atom stereocenters. The summed E-state index contributed by atoms with van der Waals surface area (Å²) in [5.41, 5.74) is 0.318. The second-order valence-electron chi connectivity index (χ2n) is 5.57. The van der Waals surface area contributed by atoms with Gasteiger partial charge in [0.15, 0.2) is 0 Å². The number of halogens is 1. The van der Waals surface area contributed by atoms with E-state index in [-0.39, 0.29) is 11.5 Å². The highest BCUT2D eigenvalue weighted by molar-refractivity contribution is 5.77. The van der Waals surface area contributed by atoms with Crippen molar-refractivity contribution in [2.75, 3.05) is 33.4 Å². The third-order valence-corrected chi connectivity index (χ3v) is 3.78. The number of rotatable bonds is 2. The summed E-state index contributed by atoms with van der Waals surface area (Å²) >= 11 is 0. The van der Waals surface area contributed by atoms with Crippen LogP contribution in [0, 0.1) is 11.7 Å². The van der Waals surface area contributed by atoms with E-state index in [1.807, 2.05) is 7.05 Å². The summed E-state index contributed by atoms with van der Waals surface area (Å²) in [6.45, 7) is 3.63. The smallest absolute Gasteiger partial charge is 0.261 e. The molecule has 0 radical (unpaired) electrons. The summed E-state index contributed by atoms with van der Waals surface area (Å²) in [5, 5.41) is 0.320. The molecule has 1 aromatic carbocycles. The number of hydrogen-bond acceptors (Lipinski definition) is 4. The summed E-state index contributed by atoms with van der Waals surface area (Å²) in [6, 6.07) is 4.09. The van der Waals surface area contributed by atoms with Crippen LogP contribution >= 0.6 is 0 Å². The molecule has 112 valence electrons. The van der Waals surface area contributed by atoms with Gasteiger partial charge in [-0.2, -0.15) is 0 Å². The lowest BCUT2D eigenvalue weighted by Crippen LogP contribution is -2.32. The van der Waals surface area contributed by atoms with Crippen LogP contribution < -0.4 is 5.56 Å². The first-order chi connectivity index (χ1) is 10.1. The van der Waals surface area contributed by atoms with Crippen LogP contribution in [0.2, 0.25) is 0 Å². The molecule has 5 nitrogen and oxygen atoms in total. The highest BCUT2D eigenvalue weighted by Gasteiger charge is 2.17. The van der Waals surface area contributed by atoms with Crippen LogP contribution in [0.4, 0.5) is 4.39 Å². The fourth-order valence-corrected chi connectivity index (χ4v) is 2.70. The minimum absolute atomic E-state index is 0.202. The van der Waals surface area contributed by atoms with Crippen molar-refractivity contribution < 1.29 is 9.13 Å². The van der Waals surface area contributed by atoms with E-state index in [1.165, 1.54) is 24.5 Å². The second-order valence-corrected chi connectivity index (χ2v) is 5.57. The van der Waals surface area contributed by atoms with Gasteiger partial charge in [-0.3, -0.25) is 9.36 Å². The van der Waals surface area contributed by atoms with E-state index in [2.05, 4.69) is 9.88 Å². The molecule has 1 aromatic heterocycles. The lowest BCUT2D eigenvalue weighted by atomic mass is 10.1. The highest BCUT2D eigenvalue weighted by Crippen LogP contribution is 2.11. The summed E-state index contributed by atoms with van der Waals surface area (Å²) in [5.74, 6) is -0.195. The SMILES string of the molecule is CN1CCOC[C@@H](Cn2cnc3ccc(F)cc3c2=O)C1. The molecule has 0 bridgehead atoms. The first-order valence-electron chi connectivity index (χ1n) is 7.04. The van der Waals surface area contributed by atoms with Gasteiger partial charge in [0, 0.05) is 25.6 Å². The molecule has 0 N–H and O–H groups in total. The van der Waals surface area contributed by atoms with Crippen LogP contribution in [0.5, 0.6) is 0 Å². The minimum atomic E-state index is -0.420. The Bertz CT molecular complexity index is 701. The molecular formula is C15H18FN3O2. The number of hydrogen-bond donors (Lipinski definition) is 0. The van der Waals surface area contributed by atoms with Crippen LogP contribution in [0.1, 0.15) is 0 Å². The molecule has 0 spiro atoms. The zero-order valence-electron chi connectivity index (χ0n) is 12.0. The van der Waals surface area contributed by atoms with Gasteiger partial charge in [-0.05, 0) is 25.2 Å². The zero-order valence-corrected chi connectivity index (χ0v) is 12.0. The molecule has 2 heterocycles. The van der Waals surface area contributed by atoms with Gasteiger partial charge in [-0.25, -0.2) is 9.37 Å². The number of aromatic nitrogens is 2. The Morgan fingerprint density at radius 2 is 2.33 bits per heavy atom. The van der Waals surface area contributed by atoms with Crippen LogP contribution in [0.3, 0.4) is 0 Å². The number of nitrogens with zero attached hydrogens (tertiary/aromatic N) is 3. The van der Waals surface area contributed by atoms with E-state index in [1.54, 1.807) is 4.57 Å². The van der Waals surface area contributed by atoms with Crippen LogP contribution in [0.15, 0.2) is 29.3 Å². The molecule has 1 aliphatic heterocycles. The summed E-state index contributed by atoms with van der Waals surface area (Å²) < 4.78 is 20.4. The maximum absolute atomic E-state index is 13.3. The van der Waals surface area contributed by atoms with Crippen LogP contribution in [0.25, 0.3) is 10.9 Å². The quantitative estimate of drug-likeness (QED) is 0.832. The molecule has 2 aromatic rings. The molecule has 1 atom stereocenters. The Morgan fingerprint density at radius 3 is 3.19 bits per heavy atom. The van der Waals surface area contributed by atoms with Gasteiger partial charge in [-0.1, -0.05) is 0 Å². The van der Waals surface area contributed by atoms with Crippen molar-refractivity contribution in [1.29, 1.82) is 0 Å². The van der Waals surface area contributed by atoms with Crippen molar-refractivity contribution in [1.82, 2.24) is 14.5 Å². The second kappa shape index (κ2) is 5.91. The highest BCUT2D eigenvalue weighted by atomic mass is 19.1. The number of ether oxygens (including phenoxy) is 1. The van der Waals surface area contributed by atoms with Crippen molar-refractivity contribution in [3.05, 3.63) is 40.7 Å². The van der Waals surface area contributed by atoms with E-state index >= 15 is 0 Å². The van der Waals surface area contributed by atoms with Crippen LogP contribution in [-0.4, -0.2) is 47.8 Å². The average Bonchev–Trinajstić information content (AvgIpc) is 2.67. The normalized spacial score (nSPS) is 20.6. The van der Waals surface area contributed by atoms with Crippen molar-refractivity contribution in [3.8, 4) is 0 Å². The number of benzene rings is 1.